The summed E-state index contributed by atoms with van der Waals surface area (Å²) in [5.41, 5.74) is 8.09. The number of nitrogens with zero attached hydrogens (tertiary/aromatic N) is 3. The molecule has 0 radical (unpaired) electrons. The third-order valence-electron chi connectivity index (χ3n) is 4.16. The van der Waals surface area contributed by atoms with Gasteiger partial charge in [0.2, 0.25) is 0 Å². The minimum Gasteiger partial charge on any atom is -0.364 e. The molecule has 2 aromatic rings. The molecule has 1 aromatic carbocycles. The normalized spacial score (nSPS) is 19.2. The van der Waals surface area contributed by atoms with Gasteiger partial charge in [-0.1, -0.05) is 31.2 Å². The van der Waals surface area contributed by atoms with Gasteiger partial charge in [0.25, 0.3) is 5.91 Å². The van der Waals surface area contributed by atoms with Crippen molar-refractivity contribution < 1.29 is 4.79 Å². The van der Waals surface area contributed by atoms with Crippen molar-refractivity contribution in [1.82, 2.24) is 20.3 Å². The minimum absolute atomic E-state index is 0.178. The minimum atomic E-state index is -0.574. The number of nitrogens with two attached hydrogens (primary N) is 1. The van der Waals surface area contributed by atoms with E-state index in [9.17, 15) is 4.79 Å². The van der Waals surface area contributed by atoms with E-state index in [1.807, 2.05) is 12.1 Å². The zero-order valence-corrected chi connectivity index (χ0v) is 12.7. The Labute approximate surface area is 129 Å². The number of nitrogens with one attached hydrogen (secondary N) is 1. The summed E-state index contributed by atoms with van der Waals surface area (Å²) in [6, 6.07) is 8.09. The van der Waals surface area contributed by atoms with Crippen LogP contribution in [0.4, 0.5) is 0 Å². The Kier molecular flexibility index (Phi) is 4.20. The molecule has 6 nitrogen and oxygen atoms in total. The van der Waals surface area contributed by atoms with Gasteiger partial charge in [-0.25, -0.2) is 0 Å². The molecule has 1 saturated heterocycles. The van der Waals surface area contributed by atoms with Gasteiger partial charge in [-0.05, 0) is 30.9 Å². The third kappa shape index (κ3) is 3.17. The van der Waals surface area contributed by atoms with E-state index >= 15 is 0 Å². The van der Waals surface area contributed by atoms with E-state index in [1.165, 1.54) is 24.9 Å². The molecule has 3 rings (SSSR count). The predicted molar refractivity (Wildman–Crippen MR) is 84.0 cm³/mol. The van der Waals surface area contributed by atoms with Gasteiger partial charge in [0.15, 0.2) is 5.69 Å². The summed E-state index contributed by atoms with van der Waals surface area (Å²) in [4.78, 5) is 13.8. The number of carbonyl (C=O) groups excluding carboxylic acids is 1. The van der Waals surface area contributed by atoms with E-state index in [0.29, 0.717) is 5.69 Å². The van der Waals surface area contributed by atoms with E-state index in [4.69, 9.17) is 5.73 Å². The Balaban J connectivity index is 1.72. The largest absolute Gasteiger partial charge is 0.364 e. The lowest BCUT2D eigenvalue weighted by molar-refractivity contribution is 0.0996. The SMILES string of the molecule is CC1CCCN(Cc2ccc(-c3n[nH]nc3C(N)=O)cc2)C1. The van der Waals surface area contributed by atoms with E-state index in [1.54, 1.807) is 0 Å². The number of likely N-dealkylation sites (tertiary alicyclic amines) is 1. The number of hydrogen-bond donors (Lipinski definition) is 2. The number of primary amides is 1. The maximum Gasteiger partial charge on any atom is 0.271 e. The monoisotopic (exact) mass is 299 g/mol. The number of piperidine rings is 1. The van der Waals surface area contributed by atoms with Crippen molar-refractivity contribution in [3.8, 4) is 11.3 Å². The van der Waals surface area contributed by atoms with Gasteiger partial charge in [-0.3, -0.25) is 9.69 Å². The summed E-state index contributed by atoms with van der Waals surface area (Å²) in [5, 5.41) is 10.3. The van der Waals surface area contributed by atoms with Gasteiger partial charge in [-0.2, -0.15) is 15.4 Å². The lowest BCUT2D eigenvalue weighted by atomic mass is 9.99. The lowest BCUT2D eigenvalue weighted by Gasteiger charge is -2.30. The van der Waals surface area contributed by atoms with Crippen molar-refractivity contribution in [3.63, 3.8) is 0 Å². The highest BCUT2D eigenvalue weighted by Crippen LogP contribution is 2.22. The van der Waals surface area contributed by atoms with Gasteiger partial charge < -0.3 is 5.73 Å². The maximum absolute atomic E-state index is 11.3. The topological polar surface area (TPSA) is 87.9 Å². The van der Waals surface area contributed by atoms with Crippen molar-refractivity contribution in [3.05, 3.63) is 35.5 Å². The summed E-state index contributed by atoms with van der Waals surface area (Å²) in [6.45, 7) is 5.61. The fraction of sp³-hybridized carbons (Fsp3) is 0.438. The summed E-state index contributed by atoms with van der Waals surface area (Å²) in [6.07, 6.45) is 2.61. The Morgan fingerprint density at radius 2 is 2.14 bits per heavy atom. The highest BCUT2D eigenvalue weighted by atomic mass is 16.1. The number of H-pyrrole nitrogens is 1. The molecule has 0 spiro atoms. The van der Waals surface area contributed by atoms with Gasteiger partial charge in [-0.15, -0.1) is 0 Å². The fourth-order valence-corrected chi connectivity index (χ4v) is 3.06. The van der Waals surface area contributed by atoms with Crippen molar-refractivity contribution in [2.75, 3.05) is 13.1 Å². The molecule has 1 fully saturated rings. The highest BCUT2D eigenvalue weighted by molar-refractivity contribution is 5.96. The number of rotatable bonds is 4. The molecule has 22 heavy (non-hydrogen) atoms. The molecular formula is C16H21N5O. The number of aromatic amines is 1. The molecule has 2 heterocycles. The van der Waals surface area contributed by atoms with Gasteiger partial charge in [0.05, 0.1) is 0 Å². The van der Waals surface area contributed by atoms with Crippen LogP contribution >= 0.6 is 0 Å². The van der Waals surface area contributed by atoms with E-state index < -0.39 is 5.91 Å². The van der Waals surface area contributed by atoms with Gasteiger partial charge in [0, 0.05) is 18.7 Å². The molecule has 116 valence electrons. The smallest absolute Gasteiger partial charge is 0.271 e. The molecule has 0 aliphatic carbocycles. The van der Waals surface area contributed by atoms with Crippen LogP contribution < -0.4 is 5.73 Å². The first-order valence-corrected chi connectivity index (χ1v) is 7.65. The standard InChI is InChI=1S/C16H21N5O/c1-11-3-2-8-21(9-11)10-12-4-6-13(7-5-12)14-15(16(17)22)19-20-18-14/h4-7,11H,2-3,8-10H2,1H3,(H2,17,22)(H,18,19,20). The third-order valence-corrected chi connectivity index (χ3v) is 4.16. The van der Waals surface area contributed by atoms with Crippen LogP contribution in [0.5, 0.6) is 0 Å². The van der Waals surface area contributed by atoms with Crippen LogP contribution in [0.25, 0.3) is 11.3 Å². The second-order valence-electron chi connectivity index (χ2n) is 6.06. The Morgan fingerprint density at radius 1 is 1.36 bits per heavy atom. The molecule has 0 saturated carbocycles. The van der Waals surface area contributed by atoms with Crippen LogP contribution in [-0.4, -0.2) is 39.3 Å². The highest BCUT2D eigenvalue weighted by Gasteiger charge is 2.17. The Morgan fingerprint density at radius 3 is 2.82 bits per heavy atom. The molecule has 6 heteroatoms. The van der Waals surface area contributed by atoms with Crippen molar-refractivity contribution in [2.24, 2.45) is 11.7 Å². The van der Waals surface area contributed by atoms with E-state index in [2.05, 4.69) is 39.4 Å². The number of amides is 1. The number of aromatic nitrogens is 3. The second-order valence-corrected chi connectivity index (χ2v) is 6.06. The van der Waals surface area contributed by atoms with Crippen molar-refractivity contribution in [1.29, 1.82) is 0 Å². The molecule has 1 unspecified atom stereocenters. The van der Waals surface area contributed by atoms with Gasteiger partial charge in [0.1, 0.15) is 5.69 Å². The van der Waals surface area contributed by atoms with Crippen molar-refractivity contribution >= 4 is 5.91 Å². The number of hydrogen-bond acceptors (Lipinski definition) is 4. The summed E-state index contributed by atoms with van der Waals surface area (Å²) in [5.74, 6) is 0.205. The first-order chi connectivity index (χ1) is 10.6. The summed E-state index contributed by atoms with van der Waals surface area (Å²) in [7, 11) is 0. The molecule has 1 aliphatic heterocycles. The first kappa shape index (κ1) is 14.7. The van der Waals surface area contributed by atoms with Crippen LogP contribution in [0.15, 0.2) is 24.3 Å². The molecule has 1 aromatic heterocycles. The Hall–Kier alpha value is -2.21. The second kappa shape index (κ2) is 6.27. The average Bonchev–Trinajstić information content (AvgIpc) is 2.98. The average molecular weight is 299 g/mol. The molecule has 1 aliphatic rings. The van der Waals surface area contributed by atoms with Gasteiger partial charge >= 0.3 is 0 Å². The number of benzene rings is 1. The van der Waals surface area contributed by atoms with E-state index in [0.717, 1.165) is 24.6 Å². The van der Waals surface area contributed by atoms with E-state index in [-0.39, 0.29) is 5.69 Å². The predicted octanol–water partition coefficient (Wildman–Crippen LogP) is 1.80. The Bertz CT molecular complexity index is 649. The van der Waals surface area contributed by atoms with Crippen LogP contribution in [0.3, 0.4) is 0 Å². The van der Waals surface area contributed by atoms with Crippen LogP contribution in [0.2, 0.25) is 0 Å². The maximum atomic E-state index is 11.3. The first-order valence-electron chi connectivity index (χ1n) is 7.65. The van der Waals surface area contributed by atoms with Crippen LogP contribution in [-0.2, 0) is 6.54 Å². The zero-order valence-electron chi connectivity index (χ0n) is 12.7. The van der Waals surface area contributed by atoms with Crippen LogP contribution in [0, 0.1) is 5.92 Å². The molecule has 1 atom stereocenters. The number of carbonyl (C=O) groups is 1. The molecular weight excluding hydrogens is 278 g/mol. The quantitative estimate of drug-likeness (QED) is 0.901. The molecule has 3 N–H and O–H groups in total. The molecule has 1 amide bonds. The summed E-state index contributed by atoms with van der Waals surface area (Å²) < 4.78 is 0. The fourth-order valence-electron chi connectivity index (χ4n) is 3.06. The zero-order chi connectivity index (χ0) is 15.5. The molecule has 0 bridgehead atoms. The summed E-state index contributed by atoms with van der Waals surface area (Å²) >= 11 is 0. The lowest BCUT2D eigenvalue weighted by Crippen LogP contribution is -2.33. The van der Waals surface area contributed by atoms with Crippen molar-refractivity contribution in [2.45, 2.75) is 26.3 Å². The van der Waals surface area contributed by atoms with Crippen LogP contribution in [0.1, 0.15) is 35.8 Å².